The maximum atomic E-state index is 2.39. The highest BCUT2D eigenvalue weighted by molar-refractivity contribution is 6.05. The van der Waals surface area contributed by atoms with Gasteiger partial charge in [-0.15, -0.1) is 0 Å². The first kappa shape index (κ1) is 12.7. The van der Waals surface area contributed by atoms with Crippen LogP contribution in [0.5, 0.6) is 0 Å². The monoisotopic (exact) mass is 295 g/mol. The fourth-order valence-corrected chi connectivity index (χ4v) is 4.00. The molecule has 0 fully saturated rings. The molecule has 5 rings (SSSR count). The van der Waals surface area contributed by atoms with E-state index in [0.29, 0.717) is 0 Å². The van der Waals surface area contributed by atoms with E-state index in [4.69, 9.17) is 0 Å². The third-order valence-corrected chi connectivity index (χ3v) is 5.02. The van der Waals surface area contributed by atoms with Gasteiger partial charge in [0.2, 0.25) is 0 Å². The molecule has 0 N–H and O–H groups in total. The first-order valence-corrected chi connectivity index (χ1v) is 8.08. The van der Waals surface area contributed by atoms with Crippen LogP contribution in [-0.2, 0) is 6.42 Å². The maximum Gasteiger partial charge on any atom is 0.0523 e. The Morgan fingerprint density at radius 1 is 0.609 bits per heavy atom. The molecular weight excluding hydrogens is 278 g/mol. The third kappa shape index (κ3) is 1.74. The molecule has 0 saturated heterocycles. The van der Waals surface area contributed by atoms with Gasteiger partial charge >= 0.3 is 0 Å². The molecule has 0 saturated carbocycles. The van der Waals surface area contributed by atoms with E-state index in [9.17, 15) is 0 Å². The van der Waals surface area contributed by atoms with Gasteiger partial charge in [0, 0.05) is 24.2 Å². The summed E-state index contributed by atoms with van der Waals surface area (Å²) in [4.78, 5) is 2.39. The normalized spacial score (nSPS) is 13.2. The van der Waals surface area contributed by atoms with Gasteiger partial charge in [-0.2, -0.15) is 0 Å². The maximum absolute atomic E-state index is 2.39. The fraction of sp³-hybridized carbons (Fsp3) is 0.0909. The van der Waals surface area contributed by atoms with Crippen molar-refractivity contribution in [2.24, 2.45) is 0 Å². The average molecular weight is 295 g/mol. The van der Waals surface area contributed by atoms with Crippen molar-refractivity contribution in [3.05, 3.63) is 83.9 Å². The minimum absolute atomic E-state index is 1.00. The Bertz CT molecular complexity index is 977. The number of hydrogen-bond donors (Lipinski definition) is 0. The van der Waals surface area contributed by atoms with Crippen LogP contribution in [0.3, 0.4) is 0 Å². The van der Waals surface area contributed by atoms with Crippen molar-refractivity contribution in [3.63, 3.8) is 0 Å². The van der Waals surface area contributed by atoms with Gasteiger partial charge in [-0.05, 0) is 21.9 Å². The number of fused-ring (bicyclic) bond motifs is 6. The van der Waals surface area contributed by atoms with E-state index >= 15 is 0 Å². The molecule has 1 aliphatic rings. The predicted octanol–water partition coefficient (Wildman–Crippen LogP) is 5.67. The van der Waals surface area contributed by atoms with Crippen molar-refractivity contribution < 1.29 is 0 Å². The molecule has 4 aromatic carbocycles. The average Bonchev–Trinajstić information content (AvgIpc) is 2.61. The molecule has 0 radical (unpaired) electrons. The second-order valence-electron chi connectivity index (χ2n) is 6.32. The molecule has 1 heteroatoms. The molecule has 0 atom stereocenters. The molecule has 110 valence electrons. The lowest BCUT2D eigenvalue weighted by molar-refractivity contribution is 1.07. The Hall–Kier alpha value is -2.80. The summed E-state index contributed by atoms with van der Waals surface area (Å²) in [6.45, 7) is 0. The van der Waals surface area contributed by atoms with Gasteiger partial charge in [-0.25, -0.2) is 0 Å². The van der Waals surface area contributed by atoms with Gasteiger partial charge < -0.3 is 4.90 Å². The van der Waals surface area contributed by atoms with E-state index in [1.807, 2.05) is 0 Å². The molecule has 0 aliphatic carbocycles. The van der Waals surface area contributed by atoms with Crippen LogP contribution in [0.25, 0.3) is 21.5 Å². The van der Waals surface area contributed by atoms with Crippen molar-refractivity contribution in [2.75, 3.05) is 11.9 Å². The number of nitrogens with zero attached hydrogens (tertiary/aromatic N) is 1. The van der Waals surface area contributed by atoms with Crippen LogP contribution in [-0.4, -0.2) is 7.05 Å². The molecule has 0 amide bonds. The molecule has 0 bridgehead atoms. The zero-order valence-electron chi connectivity index (χ0n) is 13.1. The summed E-state index contributed by atoms with van der Waals surface area (Å²) in [5.74, 6) is 0. The van der Waals surface area contributed by atoms with Gasteiger partial charge in [0.1, 0.15) is 0 Å². The lowest BCUT2D eigenvalue weighted by atomic mass is 9.90. The summed E-state index contributed by atoms with van der Waals surface area (Å²) in [6.07, 6.45) is 1.00. The lowest BCUT2D eigenvalue weighted by Gasteiger charge is -2.32. The second kappa shape index (κ2) is 4.60. The third-order valence-electron chi connectivity index (χ3n) is 5.02. The predicted molar refractivity (Wildman–Crippen MR) is 98.8 cm³/mol. The largest absolute Gasteiger partial charge is 0.343 e. The van der Waals surface area contributed by atoms with Crippen LogP contribution in [0.1, 0.15) is 11.1 Å². The van der Waals surface area contributed by atoms with Crippen LogP contribution >= 0.6 is 0 Å². The van der Waals surface area contributed by atoms with Crippen molar-refractivity contribution in [2.45, 2.75) is 6.42 Å². The van der Waals surface area contributed by atoms with Crippen molar-refractivity contribution in [1.82, 2.24) is 0 Å². The highest BCUT2D eigenvalue weighted by Gasteiger charge is 2.23. The Balaban J connectivity index is 1.86. The van der Waals surface area contributed by atoms with Crippen molar-refractivity contribution in [3.8, 4) is 0 Å². The Kier molecular flexibility index (Phi) is 2.54. The van der Waals surface area contributed by atoms with Crippen LogP contribution in [0.4, 0.5) is 11.4 Å². The summed E-state index contributed by atoms with van der Waals surface area (Å²) in [5, 5.41) is 5.29. The number of rotatable bonds is 0. The smallest absolute Gasteiger partial charge is 0.0523 e. The first-order chi connectivity index (χ1) is 11.3. The summed E-state index contributed by atoms with van der Waals surface area (Å²) < 4.78 is 0. The standard InChI is InChI=1S/C22H17N/c1-23-21-17(12-10-15-6-2-4-8-19(15)21)14-18-13-11-16-7-3-5-9-20(16)22(18)23/h2-13H,14H2,1H3. The number of hydrogen-bond acceptors (Lipinski definition) is 1. The molecule has 1 nitrogen and oxygen atoms in total. The van der Waals surface area contributed by atoms with E-state index in [2.05, 4.69) is 84.7 Å². The summed E-state index contributed by atoms with van der Waals surface area (Å²) in [5.41, 5.74) is 5.53. The molecule has 0 aromatic heterocycles. The number of anilines is 2. The molecule has 4 aromatic rings. The highest BCUT2D eigenvalue weighted by atomic mass is 15.1. The van der Waals surface area contributed by atoms with E-state index in [0.717, 1.165) is 6.42 Å². The summed E-state index contributed by atoms with van der Waals surface area (Å²) >= 11 is 0. The van der Waals surface area contributed by atoms with Crippen LogP contribution in [0.15, 0.2) is 72.8 Å². The van der Waals surface area contributed by atoms with Crippen LogP contribution < -0.4 is 4.90 Å². The molecule has 0 spiro atoms. The zero-order chi connectivity index (χ0) is 15.4. The molecular formula is C22H17N. The Morgan fingerprint density at radius 2 is 1.09 bits per heavy atom. The molecule has 23 heavy (non-hydrogen) atoms. The first-order valence-electron chi connectivity index (χ1n) is 8.08. The van der Waals surface area contributed by atoms with Crippen molar-refractivity contribution >= 4 is 32.9 Å². The lowest BCUT2D eigenvalue weighted by Crippen LogP contribution is -2.19. The SMILES string of the molecule is CN1c2c(ccc3ccccc23)Cc2ccc3ccccc3c21. The van der Waals surface area contributed by atoms with Gasteiger partial charge in [-0.3, -0.25) is 0 Å². The molecule has 0 unspecified atom stereocenters. The van der Waals surface area contributed by atoms with Gasteiger partial charge in [0.05, 0.1) is 11.4 Å². The van der Waals surface area contributed by atoms with E-state index in [-0.39, 0.29) is 0 Å². The Labute approximate surface area is 135 Å². The van der Waals surface area contributed by atoms with Crippen molar-refractivity contribution in [1.29, 1.82) is 0 Å². The second-order valence-corrected chi connectivity index (χ2v) is 6.32. The van der Waals surface area contributed by atoms with Gasteiger partial charge in [-0.1, -0.05) is 72.8 Å². The van der Waals surface area contributed by atoms with Gasteiger partial charge in [0.15, 0.2) is 0 Å². The van der Waals surface area contributed by atoms with Crippen LogP contribution in [0, 0.1) is 0 Å². The van der Waals surface area contributed by atoms with Gasteiger partial charge in [0.25, 0.3) is 0 Å². The summed E-state index contributed by atoms with van der Waals surface area (Å²) in [6, 6.07) is 26.4. The van der Waals surface area contributed by atoms with E-state index in [1.54, 1.807) is 0 Å². The molecule has 1 aliphatic heterocycles. The summed E-state index contributed by atoms with van der Waals surface area (Å²) in [7, 11) is 2.20. The fourth-order valence-electron chi connectivity index (χ4n) is 4.00. The zero-order valence-corrected chi connectivity index (χ0v) is 13.1. The minimum atomic E-state index is 1.00. The minimum Gasteiger partial charge on any atom is -0.343 e. The van der Waals surface area contributed by atoms with E-state index in [1.165, 1.54) is 44.0 Å². The molecule has 1 heterocycles. The van der Waals surface area contributed by atoms with E-state index < -0.39 is 0 Å². The topological polar surface area (TPSA) is 3.24 Å². The Morgan fingerprint density at radius 3 is 1.61 bits per heavy atom. The number of benzene rings is 4. The quantitative estimate of drug-likeness (QED) is 0.404. The van der Waals surface area contributed by atoms with Crippen LogP contribution in [0.2, 0.25) is 0 Å². The highest BCUT2D eigenvalue weighted by Crippen LogP contribution is 2.44.